The molecule has 0 bridgehead atoms. The predicted molar refractivity (Wildman–Crippen MR) is 83.9 cm³/mol. The second-order valence-corrected chi connectivity index (χ2v) is 4.41. The molecule has 0 unspecified atom stereocenters. The van der Waals surface area contributed by atoms with E-state index in [4.69, 9.17) is 11.2 Å². The molecule has 1 heterocycles. The first-order chi connectivity index (χ1) is 9.67. The van der Waals surface area contributed by atoms with Gasteiger partial charge in [-0.25, -0.2) is 0 Å². The molecule has 2 heteroatoms. The highest BCUT2D eigenvalue weighted by Gasteiger charge is 2.16. The predicted octanol–water partition coefficient (Wildman–Crippen LogP) is 3.61. The molecule has 0 radical (unpaired) electrons. The number of benzene rings is 1. The van der Waals surface area contributed by atoms with E-state index >= 15 is 0 Å². The van der Waals surface area contributed by atoms with Gasteiger partial charge >= 0.3 is 0 Å². The van der Waals surface area contributed by atoms with E-state index in [0.29, 0.717) is 6.61 Å². The summed E-state index contributed by atoms with van der Waals surface area (Å²) >= 11 is 0. The van der Waals surface area contributed by atoms with E-state index in [1.807, 2.05) is 48.4 Å². The Labute approximate surface area is 120 Å². The minimum absolute atomic E-state index is 0.507. The lowest BCUT2D eigenvalue weighted by Crippen LogP contribution is -2.19. The normalized spacial score (nSPS) is 14.2. The van der Waals surface area contributed by atoms with E-state index in [9.17, 15) is 0 Å². The molecule has 1 aromatic rings. The molecule has 0 atom stereocenters. The Bertz CT molecular complexity index is 626. The average Bonchev–Trinajstić information content (AvgIpc) is 2.48. The van der Waals surface area contributed by atoms with Crippen LogP contribution >= 0.6 is 0 Å². The smallest absolute Gasteiger partial charge is 0.119 e. The van der Waals surface area contributed by atoms with Crippen molar-refractivity contribution >= 4 is 5.70 Å². The zero-order chi connectivity index (χ0) is 14.5. The van der Waals surface area contributed by atoms with Gasteiger partial charge in [0.2, 0.25) is 0 Å². The van der Waals surface area contributed by atoms with Gasteiger partial charge < -0.3 is 9.64 Å². The van der Waals surface area contributed by atoms with Gasteiger partial charge in [-0.3, -0.25) is 0 Å². The van der Waals surface area contributed by atoms with Crippen LogP contribution in [0.15, 0.2) is 66.9 Å². The van der Waals surface area contributed by atoms with Crippen molar-refractivity contribution in [3.8, 4) is 18.1 Å². The van der Waals surface area contributed by atoms with Gasteiger partial charge in [0.25, 0.3) is 0 Å². The summed E-state index contributed by atoms with van der Waals surface area (Å²) in [6.07, 6.45) is 11.1. The van der Waals surface area contributed by atoms with E-state index in [-0.39, 0.29) is 0 Å². The van der Waals surface area contributed by atoms with E-state index in [1.165, 1.54) is 0 Å². The van der Waals surface area contributed by atoms with Crippen molar-refractivity contribution in [1.29, 1.82) is 0 Å². The first kappa shape index (κ1) is 13.8. The number of likely N-dealkylation sites (N-methyl/N-ethyl adjacent to an activating group) is 1. The summed E-state index contributed by atoms with van der Waals surface area (Å²) in [6, 6.07) is 7.92. The molecule has 0 amide bonds. The second-order valence-electron chi connectivity index (χ2n) is 4.41. The zero-order valence-electron chi connectivity index (χ0n) is 11.6. The Morgan fingerprint density at radius 2 is 2.00 bits per heavy atom. The Balaban J connectivity index is 2.26. The van der Waals surface area contributed by atoms with E-state index in [0.717, 1.165) is 28.3 Å². The summed E-state index contributed by atoms with van der Waals surface area (Å²) in [4.78, 5) is 1.99. The fourth-order valence-electron chi connectivity index (χ4n) is 1.99. The van der Waals surface area contributed by atoms with Crippen molar-refractivity contribution in [3.63, 3.8) is 0 Å². The molecule has 1 aromatic carbocycles. The van der Waals surface area contributed by atoms with Gasteiger partial charge in [0.05, 0.1) is 0 Å². The topological polar surface area (TPSA) is 12.5 Å². The minimum atomic E-state index is 0.507. The summed E-state index contributed by atoms with van der Waals surface area (Å²) in [6.45, 7) is 8.15. The van der Waals surface area contributed by atoms with Crippen LogP contribution in [0.3, 0.4) is 0 Å². The maximum absolute atomic E-state index is 5.47. The van der Waals surface area contributed by atoms with Gasteiger partial charge in [-0.15, -0.1) is 6.42 Å². The van der Waals surface area contributed by atoms with Gasteiger partial charge in [0.15, 0.2) is 0 Å². The molecule has 0 saturated carbocycles. The highest BCUT2D eigenvalue weighted by Crippen LogP contribution is 2.29. The third-order valence-electron chi connectivity index (χ3n) is 3.16. The molecule has 1 aliphatic heterocycles. The maximum Gasteiger partial charge on any atom is 0.119 e. The van der Waals surface area contributed by atoms with Crippen LogP contribution in [0.2, 0.25) is 0 Å². The highest BCUT2D eigenvalue weighted by molar-refractivity contribution is 5.72. The summed E-state index contributed by atoms with van der Waals surface area (Å²) in [5.74, 6) is 3.46. The molecular weight excluding hydrogens is 246 g/mol. The van der Waals surface area contributed by atoms with Gasteiger partial charge in [0.1, 0.15) is 12.4 Å². The first-order valence-electron chi connectivity index (χ1n) is 6.33. The molecule has 0 saturated heterocycles. The number of hydrogen-bond donors (Lipinski definition) is 0. The van der Waals surface area contributed by atoms with Crippen molar-refractivity contribution < 1.29 is 4.74 Å². The maximum atomic E-state index is 5.47. The van der Waals surface area contributed by atoms with Crippen molar-refractivity contribution in [3.05, 3.63) is 72.5 Å². The third kappa shape index (κ3) is 2.67. The lowest BCUT2D eigenvalue weighted by atomic mass is 10.0. The number of terminal acetylenes is 1. The minimum Gasteiger partial charge on any atom is -0.490 e. The monoisotopic (exact) mass is 263 g/mol. The lowest BCUT2D eigenvalue weighted by molar-refractivity contribution is 0.363. The van der Waals surface area contributed by atoms with Crippen LogP contribution in [0.4, 0.5) is 0 Å². The summed E-state index contributed by atoms with van der Waals surface area (Å²) in [5, 5.41) is 0. The van der Waals surface area contributed by atoms with Crippen LogP contribution in [0.1, 0.15) is 5.56 Å². The SMILES string of the molecule is C#CC1=CC=C(c2ccc(OCC=C)cc2)N(C)C1=C. The molecule has 0 fully saturated rings. The quantitative estimate of drug-likeness (QED) is 0.608. The van der Waals surface area contributed by atoms with Crippen molar-refractivity contribution in [1.82, 2.24) is 4.90 Å². The van der Waals surface area contributed by atoms with Gasteiger partial charge in [-0.1, -0.05) is 25.2 Å². The highest BCUT2D eigenvalue weighted by atomic mass is 16.5. The summed E-state index contributed by atoms with van der Waals surface area (Å²) in [7, 11) is 1.96. The lowest BCUT2D eigenvalue weighted by Gasteiger charge is -2.28. The molecule has 0 aliphatic carbocycles. The number of nitrogens with zero attached hydrogens (tertiary/aromatic N) is 1. The van der Waals surface area contributed by atoms with Crippen molar-refractivity contribution in [2.45, 2.75) is 0 Å². The second kappa shape index (κ2) is 5.99. The number of ether oxygens (including phenoxy) is 1. The van der Waals surface area contributed by atoms with Crippen LogP contribution in [0, 0.1) is 12.3 Å². The van der Waals surface area contributed by atoms with E-state index in [2.05, 4.69) is 19.1 Å². The summed E-state index contributed by atoms with van der Waals surface area (Å²) < 4.78 is 5.47. The molecule has 20 heavy (non-hydrogen) atoms. The fraction of sp³-hybridized carbons (Fsp3) is 0.111. The standard InChI is InChI=1S/C18H17NO/c1-5-13-20-17-10-7-16(8-11-17)18-12-9-15(6-2)14(3)19(18)4/h2,5,7-12H,1,3,13H2,4H3. The fourth-order valence-corrected chi connectivity index (χ4v) is 1.99. The Kier molecular flexibility index (Phi) is 4.12. The Morgan fingerprint density at radius 3 is 2.60 bits per heavy atom. The van der Waals surface area contributed by atoms with Crippen LogP contribution in [-0.4, -0.2) is 18.6 Å². The van der Waals surface area contributed by atoms with Crippen molar-refractivity contribution in [2.24, 2.45) is 0 Å². The van der Waals surface area contributed by atoms with E-state index < -0.39 is 0 Å². The third-order valence-corrected chi connectivity index (χ3v) is 3.16. The first-order valence-corrected chi connectivity index (χ1v) is 6.33. The molecule has 0 spiro atoms. The number of allylic oxidation sites excluding steroid dienone is 3. The van der Waals surface area contributed by atoms with Crippen molar-refractivity contribution in [2.75, 3.05) is 13.7 Å². The molecular formula is C18H17NO. The van der Waals surface area contributed by atoms with Crippen LogP contribution in [-0.2, 0) is 0 Å². The molecule has 1 aliphatic rings. The molecule has 2 nitrogen and oxygen atoms in total. The van der Waals surface area contributed by atoms with Gasteiger partial charge in [0, 0.05) is 24.0 Å². The zero-order valence-corrected chi connectivity index (χ0v) is 11.6. The number of hydrogen-bond acceptors (Lipinski definition) is 2. The summed E-state index contributed by atoms with van der Waals surface area (Å²) in [5.41, 5.74) is 3.79. The van der Waals surface area contributed by atoms with Crippen LogP contribution in [0.5, 0.6) is 5.75 Å². The van der Waals surface area contributed by atoms with Crippen LogP contribution in [0.25, 0.3) is 5.70 Å². The van der Waals surface area contributed by atoms with Gasteiger partial charge in [-0.05, 0) is 42.0 Å². The van der Waals surface area contributed by atoms with Crippen LogP contribution < -0.4 is 4.74 Å². The molecule has 2 rings (SSSR count). The Morgan fingerprint density at radius 1 is 1.30 bits per heavy atom. The largest absolute Gasteiger partial charge is 0.490 e. The molecule has 0 aromatic heterocycles. The average molecular weight is 263 g/mol. The molecule has 100 valence electrons. The van der Waals surface area contributed by atoms with Gasteiger partial charge in [-0.2, -0.15) is 0 Å². The van der Waals surface area contributed by atoms with E-state index in [1.54, 1.807) is 6.08 Å². The number of rotatable bonds is 4. The Hall–Kier alpha value is -2.66. The molecule has 0 N–H and O–H groups in total.